The molecule has 0 bridgehead atoms. The van der Waals surface area contributed by atoms with Crippen molar-refractivity contribution >= 4 is 73.9 Å². The van der Waals surface area contributed by atoms with Gasteiger partial charge in [-0.1, -0.05) is 88.9 Å². The van der Waals surface area contributed by atoms with Gasteiger partial charge in [0.2, 0.25) is 11.8 Å². The second-order valence-electron chi connectivity index (χ2n) is 9.52. The molecule has 1 unspecified atom stereocenters. The maximum Gasteiger partial charge on any atom is 0.264 e. The average molecular weight is 679 g/mol. The summed E-state index contributed by atoms with van der Waals surface area (Å²) >= 11 is 24.8. The lowest BCUT2D eigenvalue weighted by Crippen LogP contribution is -2.53. The Morgan fingerprint density at radius 2 is 1.44 bits per heavy atom. The van der Waals surface area contributed by atoms with E-state index in [1.807, 2.05) is 30.3 Å². The van der Waals surface area contributed by atoms with Gasteiger partial charge >= 0.3 is 0 Å². The molecule has 4 rings (SSSR count). The smallest absolute Gasteiger partial charge is 0.264 e. The van der Waals surface area contributed by atoms with Gasteiger partial charge in [0.25, 0.3) is 10.0 Å². The van der Waals surface area contributed by atoms with Crippen LogP contribution in [0.2, 0.25) is 20.1 Å². The van der Waals surface area contributed by atoms with Gasteiger partial charge in [-0.2, -0.15) is 0 Å². The molecule has 0 aromatic heterocycles. The van der Waals surface area contributed by atoms with E-state index in [2.05, 4.69) is 5.32 Å². The van der Waals surface area contributed by atoms with Gasteiger partial charge in [-0.15, -0.1) is 0 Å². The number of rotatable bonds is 11. The van der Waals surface area contributed by atoms with Crippen LogP contribution in [-0.2, 0) is 32.6 Å². The third kappa shape index (κ3) is 8.22. The number of nitrogens with one attached hydrogen (secondary N) is 1. The van der Waals surface area contributed by atoms with E-state index in [9.17, 15) is 18.0 Å². The van der Waals surface area contributed by atoms with Crippen LogP contribution in [0.15, 0.2) is 102 Å². The number of likely N-dealkylation sites (N-methyl/N-ethyl adjacent to an activating group) is 1. The van der Waals surface area contributed by atoms with Gasteiger partial charge in [-0.25, -0.2) is 8.42 Å². The van der Waals surface area contributed by atoms with Crippen LogP contribution < -0.4 is 9.62 Å². The number of amides is 2. The van der Waals surface area contributed by atoms with E-state index in [0.717, 1.165) is 9.87 Å². The van der Waals surface area contributed by atoms with E-state index in [-0.39, 0.29) is 28.6 Å². The molecule has 43 heavy (non-hydrogen) atoms. The molecule has 0 saturated heterocycles. The van der Waals surface area contributed by atoms with Gasteiger partial charge in [0, 0.05) is 40.1 Å². The fourth-order valence-corrected chi connectivity index (χ4v) is 6.63. The first-order valence-electron chi connectivity index (χ1n) is 13.0. The maximum atomic E-state index is 14.3. The van der Waals surface area contributed by atoms with Crippen molar-refractivity contribution in [2.24, 2.45) is 0 Å². The standard InChI is InChI=1S/C31H27Cl4N3O4S/c1-36-31(40)29(16-21-6-3-2-4-7-21)37(19-22-10-11-25(34)18-28(22)35)30(39)20-38(26-9-5-8-24(33)17-26)43(41,42)27-14-12-23(32)13-15-27/h2-15,17-18,29H,16,19-20H2,1H3,(H,36,40). The second kappa shape index (κ2) is 14.5. The van der Waals surface area contributed by atoms with Crippen LogP contribution in [0.25, 0.3) is 0 Å². The number of sulfonamides is 1. The molecular formula is C31H27Cl4N3O4S. The minimum atomic E-state index is -4.29. The molecule has 0 heterocycles. The zero-order chi connectivity index (χ0) is 31.1. The SMILES string of the molecule is CNC(=O)C(Cc1ccccc1)N(Cc1ccc(Cl)cc1Cl)C(=O)CN(c1cccc(Cl)c1)S(=O)(=O)c1ccc(Cl)cc1. The van der Waals surface area contributed by atoms with Crippen molar-refractivity contribution in [2.45, 2.75) is 23.9 Å². The van der Waals surface area contributed by atoms with Gasteiger partial charge in [0.1, 0.15) is 12.6 Å². The average Bonchev–Trinajstić information content (AvgIpc) is 2.98. The van der Waals surface area contributed by atoms with E-state index in [1.54, 1.807) is 24.3 Å². The first kappa shape index (κ1) is 32.6. The Labute approximate surface area is 271 Å². The molecule has 224 valence electrons. The number of hydrogen-bond donors (Lipinski definition) is 1. The van der Waals surface area contributed by atoms with Crippen molar-refractivity contribution in [1.29, 1.82) is 0 Å². The summed E-state index contributed by atoms with van der Waals surface area (Å²) < 4.78 is 28.9. The number of benzene rings is 4. The molecule has 4 aromatic carbocycles. The predicted molar refractivity (Wildman–Crippen MR) is 172 cm³/mol. The summed E-state index contributed by atoms with van der Waals surface area (Å²) in [7, 11) is -2.82. The molecule has 0 radical (unpaired) electrons. The highest BCUT2D eigenvalue weighted by Gasteiger charge is 2.34. The van der Waals surface area contributed by atoms with Crippen LogP contribution in [-0.4, -0.2) is 44.8 Å². The fourth-order valence-electron chi connectivity index (χ4n) is 4.45. The van der Waals surface area contributed by atoms with Crippen molar-refractivity contribution < 1.29 is 18.0 Å². The van der Waals surface area contributed by atoms with E-state index in [4.69, 9.17) is 46.4 Å². The van der Waals surface area contributed by atoms with E-state index < -0.39 is 34.4 Å². The van der Waals surface area contributed by atoms with Gasteiger partial charge in [-0.3, -0.25) is 13.9 Å². The van der Waals surface area contributed by atoms with Crippen LogP contribution in [0.3, 0.4) is 0 Å². The minimum Gasteiger partial charge on any atom is -0.357 e. The zero-order valence-corrected chi connectivity index (χ0v) is 26.7. The molecule has 7 nitrogen and oxygen atoms in total. The van der Waals surface area contributed by atoms with E-state index in [0.29, 0.717) is 20.6 Å². The molecule has 0 aliphatic rings. The van der Waals surface area contributed by atoms with Gasteiger partial charge in [0.15, 0.2) is 0 Å². The van der Waals surface area contributed by atoms with Crippen LogP contribution in [0.1, 0.15) is 11.1 Å². The number of carbonyl (C=O) groups excluding carboxylic acids is 2. The van der Waals surface area contributed by atoms with Crippen LogP contribution in [0.5, 0.6) is 0 Å². The Balaban J connectivity index is 1.81. The Morgan fingerprint density at radius 1 is 0.791 bits per heavy atom. The molecule has 1 atom stereocenters. The Kier molecular flexibility index (Phi) is 11.0. The fraction of sp³-hybridized carbons (Fsp3) is 0.161. The van der Waals surface area contributed by atoms with Gasteiger partial charge in [-0.05, 0) is 65.7 Å². The number of carbonyl (C=O) groups is 2. The van der Waals surface area contributed by atoms with Gasteiger partial charge < -0.3 is 10.2 Å². The molecular weight excluding hydrogens is 652 g/mol. The molecule has 4 aromatic rings. The Morgan fingerprint density at radius 3 is 2.07 bits per heavy atom. The molecule has 12 heteroatoms. The quantitative estimate of drug-likeness (QED) is 0.187. The Hall–Kier alpha value is -3.27. The number of hydrogen-bond acceptors (Lipinski definition) is 4. The predicted octanol–water partition coefficient (Wildman–Crippen LogP) is 6.88. The summed E-state index contributed by atoms with van der Waals surface area (Å²) in [5.41, 5.74) is 1.49. The maximum absolute atomic E-state index is 14.3. The Bertz CT molecular complexity index is 1700. The van der Waals surface area contributed by atoms with E-state index >= 15 is 0 Å². The summed E-state index contributed by atoms with van der Waals surface area (Å²) in [4.78, 5) is 28.9. The summed E-state index contributed by atoms with van der Waals surface area (Å²) in [5, 5.41) is 3.96. The van der Waals surface area contributed by atoms with Crippen molar-refractivity contribution in [2.75, 3.05) is 17.9 Å². The monoisotopic (exact) mass is 677 g/mol. The minimum absolute atomic E-state index is 0.0795. The molecule has 0 aliphatic heterocycles. The number of anilines is 1. The molecule has 2 amide bonds. The summed E-state index contributed by atoms with van der Waals surface area (Å²) in [6.45, 7) is -0.733. The van der Waals surface area contributed by atoms with E-state index in [1.165, 1.54) is 54.4 Å². The lowest BCUT2D eigenvalue weighted by molar-refractivity contribution is -0.139. The zero-order valence-electron chi connectivity index (χ0n) is 22.9. The third-order valence-corrected chi connectivity index (χ3v) is 9.51. The van der Waals surface area contributed by atoms with Crippen molar-refractivity contribution in [3.05, 3.63) is 128 Å². The highest BCUT2D eigenvalue weighted by molar-refractivity contribution is 7.92. The molecule has 0 spiro atoms. The van der Waals surface area contributed by atoms with Crippen LogP contribution in [0.4, 0.5) is 5.69 Å². The first-order chi connectivity index (χ1) is 20.5. The topological polar surface area (TPSA) is 86.8 Å². The number of halogens is 4. The van der Waals surface area contributed by atoms with Gasteiger partial charge in [0.05, 0.1) is 10.6 Å². The molecule has 0 aliphatic carbocycles. The summed E-state index contributed by atoms with van der Waals surface area (Å²) in [5.74, 6) is -1.08. The van der Waals surface area contributed by atoms with Crippen molar-refractivity contribution in [1.82, 2.24) is 10.2 Å². The summed E-state index contributed by atoms with van der Waals surface area (Å²) in [6.07, 6.45) is 0.165. The molecule has 0 fully saturated rings. The van der Waals surface area contributed by atoms with Crippen LogP contribution in [0, 0.1) is 0 Å². The highest BCUT2D eigenvalue weighted by atomic mass is 35.5. The molecule has 1 N–H and O–H groups in total. The molecule has 0 saturated carbocycles. The normalized spacial score (nSPS) is 11.9. The largest absolute Gasteiger partial charge is 0.357 e. The lowest BCUT2D eigenvalue weighted by atomic mass is 10.0. The van der Waals surface area contributed by atoms with Crippen molar-refractivity contribution in [3.8, 4) is 0 Å². The van der Waals surface area contributed by atoms with Crippen molar-refractivity contribution in [3.63, 3.8) is 0 Å². The third-order valence-electron chi connectivity index (χ3n) is 6.65. The summed E-state index contributed by atoms with van der Waals surface area (Å²) in [6, 6.07) is 24.8. The lowest BCUT2D eigenvalue weighted by Gasteiger charge is -2.33. The second-order valence-corrected chi connectivity index (χ2v) is 13.1. The highest BCUT2D eigenvalue weighted by Crippen LogP contribution is 2.29. The number of nitrogens with zero attached hydrogens (tertiary/aromatic N) is 2. The first-order valence-corrected chi connectivity index (χ1v) is 16.0. The van der Waals surface area contributed by atoms with Crippen LogP contribution >= 0.6 is 46.4 Å².